The lowest BCUT2D eigenvalue weighted by Gasteiger charge is -2.33. The number of carbonyl (C=O) groups is 1. The van der Waals surface area contributed by atoms with Crippen LogP contribution in [0, 0.1) is 0 Å². The molecule has 7 nitrogen and oxygen atoms in total. The largest absolute Gasteiger partial charge is 0.489 e. The summed E-state index contributed by atoms with van der Waals surface area (Å²) < 4.78 is 10.4. The van der Waals surface area contributed by atoms with Crippen molar-refractivity contribution >= 4 is 27.8 Å². The predicted molar refractivity (Wildman–Crippen MR) is 199 cm³/mol. The molecular formula is C43H40N4O3. The van der Waals surface area contributed by atoms with Gasteiger partial charge in [-0.25, -0.2) is 4.79 Å². The van der Waals surface area contributed by atoms with E-state index in [0.717, 1.165) is 63.8 Å². The van der Waals surface area contributed by atoms with Crippen LogP contribution in [-0.2, 0) is 17.9 Å². The van der Waals surface area contributed by atoms with Gasteiger partial charge in [-0.05, 0) is 65.4 Å². The van der Waals surface area contributed by atoms with E-state index in [4.69, 9.17) is 4.74 Å². The molecular weight excluding hydrogens is 620 g/mol. The molecule has 0 radical (unpaired) electrons. The number of rotatable bonds is 10. The number of hydrogen-bond acceptors (Lipinski definition) is 3. The lowest BCUT2D eigenvalue weighted by Crippen LogP contribution is -2.41. The van der Waals surface area contributed by atoms with Crippen LogP contribution in [0.5, 0.6) is 5.75 Å². The lowest BCUT2D eigenvalue weighted by molar-refractivity contribution is -0.132. The van der Waals surface area contributed by atoms with Gasteiger partial charge >= 0.3 is 5.69 Å². The summed E-state index contributed by atoms with van der Waals surface area (Å²) in [6.07, 6.45) is 4.04. The number of benzene rings is 5. The molecule has 1 unspecified atom stereocenters. The Morgan fingerprint density at radius 1 is 0.760 bits per heavy atom. The van der Waals surface area contributed by atoms with E-state index < -0.39 is 0 Å². The highest BCUT2D eigenvalue weighted by atomic mass is 16.5. The zero-order chi connectivity index (χ0) is 33.9. The fourth-order valence-electron chi connectivity index (χ4n) is 7.55. The van der Waals surface area contributed by atoms with Crippen molar-refractivity contribution in [2.24, 2.45) is 0 Å². The Balaban J connectivity index is 1.09. The molecule has 1 N–H and O–H groups in total. The van der Waals surface area contributed by atoms with E-state index in [1.54, 1.807) is 0 Å². The molecule has 1 atom stereocenters. The summed E-state index contributed by atoms with van der Waals surface area (Å²) in [4.78, 5) is 32.2. The van der Waals surface area contributed by atoms with Gasteiger partial charge in [0.15, 0.2) is 0 Å². The van der Waals surface area contributed by atoms with Crippen LogP contribution in [0.1, 0.15) is 53.5 Å². The molecule has 1 saturated heterocycles. The fourth-order valence-corrected chi connectivity index (χ4v) is 7.55. The maximum absolute atomic E-state index is 14.3. The van der Waals surface area contributed by atoms with Crippen molar-refractivity contribution in [3.8, 4) is 5.75 Å². The third-order valence-corrected chi connectivity index (χ3v) is 10.1. The summed E-state index contributed by atoms with van der Waals surface area (Å²) in [5, 5.41) is 1.15. The fraction of sp³-hybridized carbons (Fsp3) is 0.209. The number of aromatic nitrogens is 3. The quantitative estimate of drug-likeness (QED) is 0.161. The van der Waals surface area contributed by atoms with Gasteiger partial charge in [0.05, 0.1) is 11.0 Å². The Morgan fingerprint density at radius 3 is 2.22 bits per heavy atom. The number of H-pyrrole nitrogens is 1. The molecule has 7 heteroatoms. The second-order valence-electron chi connectivity index (χ2n) is 13.2. The van der Waals surface area contributed by atoms with Crippen LogP contribution >= 0.6 is 0 Å². The summed E-state index contributed by atoms with van der Waals surface area (Å²) in [5.41, 5.74) is 7.33. The first kappa shape index (κ1) is 31.4. The number of para-hydroxylation sites is 3. The highest BCUT2D eigenvalue weighted by molar-refractivity contribution is 5.87. The van der Waals surface area contributed by atoms with Gasteiger partial charge in [-0.1, -0.05) is 103 Å². The maximum atomic E-state index is 14.3. The molecule has 250 valence electrons. The second-order valence-corrected chi connectivity index (χ2v) is 13.2. The van der Waals surface area contributed by atoms with Gasteiger partial charge < -0.3 is 19.2 Å². The molecule has 8 rings (SSSR count). The van der Waals surface area contributed by atoms with Crippen molar-refractivity contribution in [1.82, 2.24) is 19.0 Å². The Kier molecular flexibility index (Phi) is 8.78. The van der Waals surface area contributed by atoms with Crippen LogP contribution in [0.3, 0.4) is 0 Å². The molecule has 1 aliphatic rings. The number of fused-ring (bicyclic) bond motifs is 2. The van der Waals surface area contributed by atoms with Crippen molar-refractivity contribution in [3.63, 3.8) is 0 Å². The minimum atomic E-state index is -0.182. The van der Waals surface area contributed by atoms with Crippen molar-refractivity contribution in [1.29, 1.82) is 0 Å². The number of aromatic amines is 1. The molecule has 1 fully saturated rings. The van der Waals surface area contributed by atoms with E-state index in [-0.39, 0.29) is 23.6 Å². The normalized spacial score (nSPS) is 14.3. The average Bonchev–Trinajstić information content (AvgIpc) is 3.70. The van der Waals surface area contributed by atoms with Gasteiger partial charge in [-0.15, -0.1) is 0 Å². The monoisotopic (exact) mass is 660 g/mol. The van der Waals surface area contributed by atoms with Crippen LogP contribution in [-0.4, -0.2) is 38.0 Å². The number of imidazole rings is 1. The number of ether oxygens (including phenoxy) is 1. The van der Waals surface area contributed by atoms with Gasteiger partial charge in [-0.3, -0.25) is 9.36 Å². The van der Waals surface area contributed by atoms with E-state index >= 15 is 0 Å². The molecule has 0 bridgehead atoms. The van der Waals surface area contributed by atoms with Crippen LogP contribution in [0.4, 0.5) is 0 Å². The number of nitrogens with one attached hydrogen (secondary N) is 1. The summed E-state index contributed by atoms with van der Waals surface area (Å²) in [6, 6.07) is 45.2. The Hall–Kier alpha value is -5.82. The standard InChI is InChI=1S/C43H40N4O3/c48-42(45-24-22-34(23-25-45)47-41-21-10-8-19-39(41)44-43(47)49)27-37(33-16-11-17-35(26-33)50-30-32-14-5-2-6-15-32)38-29-46(28-31-12-3-1-4-13-31)40-20-9-7-18-36(38)40/h1-21,26,29,34,37H,22-25,27-28,30H2,(H,44,49). The highest BCUT2D eigenvalue weighted by Gasteiger charge is 2.30. The molecule has 5 aromatic carbocycles. The maximum Gasteiger partial charge on any atom is 0.326 e. The zero-order valence-electron chi connectivity index (χ0n) is 27.9. The number of likely N-dealkylation sites (tertiary alicyclic amines) is 1. The number of hydrogen-bond donors (Lipinski definition) is 1. The minimum absolute atomic E-state index is 0.0490. The number of amides is 1. The number of nitrogens with zero attached hydrogens (tertiary/aromatic N) is 3. The van der Waals surface area contributed by atoms with Gasteiger partial charge in [0.25, 0.3) is 0 Å². The first-order valence-electron chi connectivity index (χ1n) is 17.5. The first-order chi connectivity index (χ1) is 24.6. The Labute approximate surface area is 291 Å². The summed E-state index contributed by atoms with van der Waals surface area (Å²) in [6.45, 7) is 2.43. The minimum Gasteiger partial charge on any atom is -0.489 e. The molecule has 3 heterocycles. The van der Waals surface area contributed by atoms with E-state index in [9.17, 15) is 9.59 Å². The van der Waals surface area contributed by atoms with Crippen LogP contribution in [0.15, 0.2) is 144 Å². The Bertz CT molecular complexity index is 2300. The van der Waals surface area contributed by atoms with Gasteiger partial charge in [0.1, 0.15) is 12.4 Å². The zero-order valence-corrected chi connectivity index (χ0v) is 27.9. The lowest BCUT2D eigenvalue weighted by atomic mass is 9.87. The van der Waals surface area contributed by atoms with E-state index in [1.807, 2.05) is 70.1 Å². The smallest absolute Gasteiger partial charge is 0.326 e. The topological polar surface area (TPSA) is 72.3 Å². The van der Waals surface area contributed by atoms with Crippen LogP contribution in [0.2, 0.25) is 0 Å². The molecule has 1 aliphatic heterocycles. The predicted octanol–water partition coefficient (Wildman–Crippen LogP) is 8.30. The second kappa shape index (κ2) is 14.0. The number of piperidine rings is 1. The SMILES string of the molecule is O=C(CC(c1cccc(OCc2ccccc2)c1)c1cn(Cc2ccccc2)c2ccccc12)N1CCC(n2c(=O)[nH]c3ccccc32)CC1. The van der Waals surface area contributed by atoms with Crippen molar-refractivity contribution < 1.29 is 9.53 Å². The highest BCUT2D eigenvalue weighted by Crippen LogP contribution is 2.37. The third kappa shape index (κ3) is 6.47. The summed E-state index contributed by atoms with van der Waals surface area (Å²) in [7, 11) is 0. The van der Waals surface area contributed by atoms with Gasteiger partial charge in [0, 0.05) is 55.1 Å². The van der Waals surface area contributed by atoms with E-state index in [2.05, 4.69) is 88.5 Å². The summed E-state index contributed by atoms with van der Waals surface area (Å²) >= 11 is 0. The molecule has 2 aromatic heterocycles. The molecule has 0 saturated carbocycles. The van der Waals surface area contributed by atoms with E-state index in [1.165, 1.54) is 5.56 Å². The summed E-state index contributed by atoms with van der Waals surface area (Å²) in [5.74, 6) is 0.718. The van der Waals surface area contributed by atoms with Gasteiger partial charge in [-0.2, -0.15) is 0 Å². The van der Waals surface area contributed by atoms with Crippen molar-refractivity contribution in [3.05, 3.63) is 172 Å². The van der Waals surface area contributed by atoms with Crippen LogP contribution in [0.25, 0.3) is 21.9 Å². The Morgan fingerprint density at radius 2 is 1.44 bits per heavy atom. The molecule has 1 amide bonds. The van der Waals surface area contributed by atoms with Crippen molar-refractivity contribution in [2.75, 3.05) is 13.1 Å². The number of carbonyl (C=O) groups excluding carboxylic acids is 1. The molecule has 0 aliphatic carbocycles. The average molecular weight is 661 g/mol. The molecule has 7 aromatic rings. The van der Waals surface area contributed by atoms with E-state index in [0.29, 0.717) is 26.1 Å². The van der Waals surface area contributed by atoms with Crippen molar-refractivity contribution in [2.45, 2.75) is 44.4 Å². The first-order valence-corrected chi connectivity index (χ1v) is 17.5. The third-order valence-electron chi connectivity index (χ3n) is 10.1. The molecule has 50 heavy (non-hydrogen) atoms. The van der Waals surface area contributed by atoms with Crippen LogP contribution < -0.4 is 10.4 Å². The molecule has 0 spiro atoms. The van der Waals surface area contributed by atoms with Gasteiger partial charge in [0.2, 0.25) is 5.91 Å².